The molecule has 3 fully saturated rings. The quantitative estimate of drug-likeness (QED) is 0.635. The molecule has 2 saturated carbocycles. The van der Waals surface area contributed by atoms with Gasteiger partial charge in [0.1, 0.15) is 5.58 Å². The highest BCUT2D eigenvalue weighted by molar-refractivity contribution is 6.35. The van der Waals surface area contributed by atoms with E-state index >= 15 is 0 Å². The van der Waals surface area contributed by atoms with Gasteiger partial charge in [-0.05, 0) is 31.4 Å². The van der Waals surface area contributed by atoms with Crippen LogP contribution in [0.4, 0.5) is 19.3 Å². The molecule has 9 heteroatoms. The number of carbonyl (C=O) groups excluding carboxylic acids is 2. The predicted octanol–water partition coefficient (Wildman–Crippen LogP) is 5.11. The molecule has 6 rings (SSSR count). The second-order valence-electron chi connectivity index (χ2n) is 9.29. The van der Waals surface area contributed by atoms with Crippen LogP contribution >= 0.6 is 11.6 Å². The van der Waals surface area contributed by atoms with E-state index in [1.165, 1.54) is 4.90 Å². The molecule has 2 aromatic rings. The molecule has 2 aliphatic heterocycles. The molecule has 6 nitrogen and oxygen atoms in total. The summed E-state index contributed by atoms with van der Waals surface area (Å²) in [5.41, 5.74) is 1.22. The van der Waals surface area contributed by atoms with Crippen molar-refractivity contribution in [1.29, 1.82) is 0 Å². The number of piperidine rings is 1. The Morgan fingerprint density at radius 3 is 2.71 bits per heavy atom. The number of rotatable bonds is 1. The maximum Gasteiger partial charge on any atom is 0.319 e. The zero-order valence-corrected chi connectivity index (χ0v) is 17.5. The number of nitrogens with zero attached hydrogens (tertiary/aromatic N) is 1. The number of hydrogen-bond donors (Lipinski definition) is 2. The maximum atomic E-state index is 13.8. The van der Waals surface area contributed by atoms with E-state index in [0.717, 1.165) is 37.7 Å². The summed E-state index contributed by atoms with van der Waals surface area (Å²) in [5.74, 6) is -4.27. The number of fused-ring (bicyclic) bond motifs is 5. The summed E-state index contributed by atoms with van der Waals surface area (Å²) in [6, 6.07) is 3.01. The van der Waals surface area contributed by atoms with E-state index in [2.05, 4.69) is 10.6 Å². The summed E-state index contributed by atoms with van der Waals surface area (Å²) in [6.07, 6.45) is 4.85. The first-order valence-corrected chi connectivity index (χ1v) is 11.2. The van der Waals surface area contributed by atoms with Gasteiger partial charge in [0.25, 0.3) is 11.8 Å². The number of hydrogen-bond acceptors (Lipinski definition) is 3. The van der Waals surface area contributed by atoms with Gasteiger partial charge in [0.05, 0.1) is 16.2 Å². The molecule has 3 amide bonds. The Kier molecular flexibility index (Phi) is 3.96. The highest BCUT2D eigenvalue weighted by Gasteiger charge is 2.69. The molecule has 1 saturated heterocycles. The van der Waals surface area contributed by atoms with E-state index in [4.69, 9.17) is 16.0 Å². The third-order valence-electron chi connectivity index (χ3n) is 7.53. The van der Waals surface area contributed by atoms with Crippen LogP contribution < -0.4 is 10.6 Å². The van der Waals surface area contributed by atoms with E-state index < -0.39 is 23.3 Å². The Hall–Kier alpha value is -2.35. The van der Waals surface area contributed by atoms with Crippen LogP contribution in [0, 0.1) is 11.8 Å². The van der Waals surface area contributed by atoms with E-state index in [-0.39, 0.29) is 24.2 Å². The van der Waals surface area contributed by atoms with E-state index in [9.17, 15) is 18.4 Å². The van der Waals surface area contributed by atoms with Gasteiger partial charge in [0.2, 0.25) is 0 Å². The average molecular weight is 450 g/mol. The molecule has 3 heterocycles. The minimum Gasteiger partial charge on any atom is -0.450 e. The topological polar surface area (TPSA) is 74.6 Å². The van der Waals surface area contributed by atoms with Gasteiger partial charge in [-0.25, -0.2) is 13.6 Å². The monoisotopic (exact) mass is 449 g/mol. The first-order valence-electron chi connectivity index (χ1n) is 10.8. The van der Waals surface area contributed by atoms with E-state index in [1.54, 1.807) is 12.1 Å². The largest absolute Gasteiger partial charge is 0.450 e. The fourth-order valence-electron chi connectivity index (χ4n) is 5.86. The predicted molar refractivity (Wildman–Crippen MR) is 111 cm³/mol. The number of amides is 3. The lowest BCUT2D eigenvalue weighted by Crippen LogP contribution is -2.52. The van der Waals surface area contributed by atoms with Crippen LogP contribution in [0.1, 0.15) is 54.6 Å². The van der Waals surface area contributed by atoms with Gasteiger partial charge < -0.3 is 20.0 Å². The fraction of sp³-hybridized carbons (Fsp3) is 0.545. The normalized spacial score (nSPS) is 28.0. The summed E-state index contributed by atoms with van der Waals surface area (Å²) < 4.78 is 33.6. The minimum atomic E-state index is -2.66. The van der Waals surface area contributed by atoms with Crippen LogP contribution in [0.2, 0.25) is 5.02 Å². The van der Waals surface area contributed by atoms with Crippen LogP contribution in [0.5, 0.6) is 0 Å². The van der Waals surface area contributed by atoms with E-state index in [1.807, 2.05) is 0 Å². The summed E-state index contributed by atoms with van der Waals surface area (Å²) in [4.78, 5) is 26.9. The van der Waals surface area contributed by atoms with Gasteiger partial charge in [-0.15, -0.1) is 0 Å². The second-order valence-corrected chi connectivity index (χ2v) is 9.69. The van der Waals surface area contributed by atoms with Crippen LogP contribution in [-0.4, -0.2) is 35.9 Å². The van der Waals surface area contributed by atoms with E-state index in [0.29, 0.717) is 34.6 Å². The smallest absolute Gasteiger partial charge is 0.319 e. The third kappa shape index (κ3) is 2.73. The molecule has 0 bridgehead atoms. The van der Waals surface area contributed by atoms with Gasteiger partial charge >= 0.3 is 6.03 Å². The number of halogens is 3. The van der Waals surface area contributed by atoms with Crippen molar-refractivity contribution in [3.8, 4) is 0 Å². The van der Waals surface area contributed by atoms with Crippen molar-refractivity contribution < 1.29 is 22.8 Å². The maximum absolute atomic E-state index is 13.8. The van der Waals surface area contributed by atoms with Crippen LogP contribution in [0.3, 0.4) is 0 Å². The molecule has 1 aromatic heterocycles. The highest BCUT2D eigenvalue weighted by atomic mass is 35.5. The molecule has 0 radical (unpaired) electrons. The van der Waals surface area contributed by atoms with Crippen molar-refractivity contribution in [1.82, 2.24) is 10.2 Å². The summed E-state index contributed by atoms with van der Waals surface area (Å²) in [7, 11) is 0. The molecule has 2 atom stereocenters. The number of likely N-dealkylation sites (tertiary alicyclic amines) is 1. The number of carbonyl (C=O) groups is 2. The average Bonchev–Trinajstić information content (AvgIpc) is 3.06. The van der Waals surface area contributed by atoms with Gasteiger partial charge in [0, 0.05) is 35.9 Å². The molecule has 1 aromatic carbocycles. The van der Waals surface area contributed by atoms with Crippen molar-refractivity contribution in [2.24, 2.45) is 11.8 Å². The van der Waals surface area contributed by atoms with Gasteiger partial charge in [-0.2, -0.15) is 0 Å². The summed E-state index contributed by atoms with van der Waals surface area (Å²) in [5, 5.41) is 6.93. The third-order valence-corrected chi connectivity index (χ3v) is 7.82. The molecule has 31 heavy (non-hydrogen) atoms. The van der Waals surface area contributed by atoms with Crippen molar-refractivity contribution in [2.75, 3.05) is 18.4 Å². The fourth-order valence-corrected chi connectivity index (χ4v) is 6.11. The summed E-state index contributed by atoms with van der Waals surface area (Å²) >= 11 is 6.52. The Labute approximate surface area is 182 Å². The molecule has 1 spiro atoms. The lowest BCUT2D eigenvalue weighted by Gasteiger charge is -2.42. The number of anilines is 1. The second kappa shape index (κ2) is 6.34. The van der Waals surface area contributed by atoms with Gasteiger partial charge in [0.15, 0.2) is 5.76 Å². The molecular formula is C22H22ClF2N3O3. The number of urea groups is 1. The number of benzene rings is 1. The molecular weight excluding hydrogens is 428 g/mol. The van der Waals surface area contributed by atoms with Crippen LogP contribution in [-0.2, 0) is 5.54 Å². The molecule has 164 valence electrons. The zero-order chi connectivity index (χ0) is 21.5. The van der Waals surface area contributed by atoms with Crippen molar-refractivity contribution in [3.05, 3.63) is 28.5 Å². The Morgan fingerprint density at radius 1 is 1.19 bits per heavy atom. The molecule has 4 aliphatic rings. The van der Waals surface area contributed by atoms with Crippen molar-refractivity contribution >= 4 is 40.2 Å². The number of furan rings is 1. The Bertz CT molecular complexity index is 1120. The molecule has 2 unspecified atom stereocenters. The Balaban J connectivity index is 1.42. The number of alkyl halides is 2. The minimum absolute atomic E-state index is 0.0496. The van der Waals surface area contributed by atoms with Crippen molar-refractivity contribution in [3.63, 3.8) is 0 Å². The van der Waals surface area contributed by atoms with Crippen LogP contribution in [0.15, 0.2) is 16.5 Å². The lowest BCUT2D eigenvalue weighted by molar-refractivity contribution is 0.0663. The highest BCUT2D eigenvalue weighted by Crippen LogP contribution is 2.59. The first-order chi connectivity index (χ1) is 14.8. The number of nitrogens with one attached hydrogen (secondary N) is 2. The SMILES string of the molecule is O=C1Nc2c(Cl)cc3cc(C(=O)N4CCC5C(C4)C5(F)F)oc3c2C2(CCCCC2)N1. The van der Waals surface area contributed by atoms with Gasteiger partial charge in [-0.1, -0.05) is 30.9 Å². The van der Waals surface area contributed by atoms with Crippen LogP contribution in [0.25, 0.3) is 11.0 Å². The first kappa shape index (κ1) is 19.3. The standard InChI is InChI=1S/C22H22ClF2N3O3/c23-14-8-11-9-15(19(29)28-7-4-12-13(10-28)22(12,24)25)31-18(11)16-17(14)26-20(30)27-21(16)5-2-1-3-6-21/h8-9,12-13H,1-7,10H2,(H2,26,27,30). The lowest BCUT2D eigenvalue weighted by atomic mass is 9.74. The van der Waals surface area contributed by atoms with Crippen molar-refractivity contribution in [2.45, 2.75) is 50.0 Å². The van der Waals surface area contributed by atoms with Gasteiger partial charge in [-0.3, -0.25) is 4.79 Å². The molecule has 2 aliphatic carbocycles. The molecule has 2 N–H and O–H groups in total. The summed E-state index contributed by atoms with van der Waals surface area (Å²) in [6.45, 7) is 0.348. The Morgan fingerprint density at radius 2 is 1.97 bits per heavy atom. The zero-order valence-electron chi connectivity index (χ0n) is 16.8.